The second-order valence-electron chi connectivity index (χ2n) is 8.94. The Morgan fingerprint density at radius 3 is 2.53 bits per heavy atom. The molecule has 1 amide bonds. The summed E-state index contributed by atoms with van der Waals surface area (Å²) in [5.74, 6) is -1.86. The number of amides is 1. The van der Waals surface area contributed by atoms with Crippen LogP contribution in [-0.4, -0.2) is 49.2 Å². The van der Waals surface area contributed by atoms with Gasteiger partial charge in [-0.25, -0.2) is 9.48 Å². The average Bonchev–Trinajstić information content (AvgIpc) is 3.24. The van der Waals surface area contributed by atoms with E-state index in [1.807, 2.05) is 24.3 Å². The lowest BCUT2D eigenvalue weighted by molar-refractivity contribution is -0.139. The first kappa shape index (κ1) is 27.2. The van der Waals surface area contributed by atoms with E-state index in [4.69, 9.17) is 16.3 Å². The minimum Gasteiger partial charge on any atom is -0.481 e. The van der Waals surface area contributed by atoms with E-state index in [0.717, 1.165) is 11.1 Å². The Bertz CT molecular complexity index is 1230. The normalized spacial score (nSPS) is 12.1. The number of carboxylic acid groups (broad SMARTS) is 1. The van der Waals surface area contributed by atoms with Crippen LogP contribution in [0, 0.1) is 0 Å². The zero-order valence-corrected chi connectivity index (χ0v) is 21.5. The lowest BCUT2D eigenvalue weighted by Crippen LogP contribution is -2.44. The van der Waals surface area contributed by atoms with E-state index >= 15 is 0 Å². The standard InChI is InChI=1S/C24H26ClN5O5S/c1-24(2,3)16-9-10-20(17(25)11-16)36-22-27-28-29-30(22)13-19(31)18(12-21(32)33)26-23(34)35-14-15-7-5-4-6-8-15/h4-11,18H,12-14H2,1-3H3,(H,26,34)(H,32,33). The van der Waals surface area contributed by atoms with Gasteiger partial charge in [-0.05, 0) is 50.9 Å². The molecule has 0 aliphatic heterocycles. The van der Waals surface area contributed by atoms with Crippen LogP contribution in [0.5, 0.6) is 0 Å². The number of hydrogen-bond acceptors (Lipinski definition) is 8. The molecule has 0 fully saturated rings. The summed E-state index contributed by atoms with van der Waals surface area (Å²) in [5.41, 5.74) is 1.74. The number of hydrogen-bond donors (Lipinski definition) is 2. The molecule has 0 bridgehead atoms. The quantitative estimate of drug-likeness (QED) is 0.396. The molecule has 190 valence electrons. The number of carbonyl (C=O) groups is 3. The SMILES string of the molecule is CC(C)(C)c1ccc(Sc2nnnn2CC(=O)C(CC(=O)O)NC(=O)OCc2ccccc2)c(Cl)c1. The molecule has 1 aromatic heterocycles. The fraction of sp³-hybridized carbons (Fsp3) is 0.333. The Morgan fingerprint density at radius 1 is 1.17 bits per heavy atom. The highest BCUT2D eigenvalue weighted by Crippen LogP contribution is 2.35. The Kier molecular flexibility index (Phi) is 9.05. The van der Waals surface area contributed by atoms with Gasteiger partial charge in [0.25, 0.3) is 0 Å². The molecule has 0 spiro atoms. The van der Waals surface area contributed by atoms with Crippen LogP contribution in [0.1, 0.15) is 38.3 Å². The molecule has 36 heavy (non-hydrogen) atoms. The van der Waals surface area contributed by atoms with Gasteiger partial charge in [0.2, 0.25) is 5.16 Å². The number of halogens is 1. The summed E-state index contributed by atoms with van der Waals surface area (Å²) >= 11 is 7.63. The highest BCUT2D eigenvalue weighted by molar-refractivity contribution is 7.99. The Labute approximate surface area is 217 Å². The van der Waals surface area contributed by atoms with Crippen LogP contribution in [0.2, 0.25) is 5.02 Å². The van der Waals surface area contributed by atoms with E-state index in [9.17, 15) is 19.5 Å². The van der Waals surface area contributed by atoms with Gasteiger partial charge < -0.3 is 15.2 Å². The number of nitrogens with one attached hydrogen (secondary N) is 1. The molecule has 0 aliphatic rings. The number of alkyl carbamates (subject to hydrolysis) is 1. The van der Waals surface area contributed by atoms with Crippen LogP contribution >= 0.6 is 23.4 Å². The van der Waals surface area contributed by atoms with Crippen molar-refractivity contribution >= 4 is 41.2 Å². The van der Waals surface area contributed by atoms with Gasteiger partial charge in [0.15, 0.2) is 5.78 Å². The maximum Gasteiger partial charge on any atom is 0.408 e. The summed E-state index contributed by atoms with van der Waals surface area (Å²) in [6.45, 7) is 5.86. The molecule has 1 atom stereocenters. The topological polar surface area (TPSA) is 136 Å². The number of aromatic nitrogens is 4. The molecule has 3 rings (SSSR count). The van der Waals surface area contributed by atoms with Crippen molar-refractivity contribution in [1.29, 1.82) is 0 Å². The summed E-state index contributed by atoms with van der Waals surface area (Å²) in [6, 6.07) is 13.3. The number of rotatable bonds is 10. The van der Waals surface area contributed by atoms with Crippen molar-refractivity contribution in [3.63, 3.8) is 0 Å². The van der Waals surface area contributed by atoms with Gasteiger partial charge in [0.1, 0.15) is 19.2 Å². The summed E-state index contributed by atoms with van der Waals surface area (Å²) in [4.78, 5) is 37.1. The third-order valence-electron chi connectivity index (χ3n) is 5.08. The van der Waals surface area contributed by atoms with Crippen molar-refractivity contribution in [2.75, 3.05) is 0 Å². The van der Waals surface area contributed by atoms with Gasteiger partial charge in [-0.1, -0.05) is 68.8 Å². The summed E-state index contributed by atoms with van der Waals surface area (Å²) in [5, 5.41) is 23.8. The average molecular weight is 532 g/mol. The van der Waals surface area contributed by atoms with E-state index in [1.54, 1.807) is 24.3 Å². The summed E-state index contributed by atoms with van der Waals surface area (Å²) < 4.78 is 6.34. The van der Waals surface area contributed by atoms with Crippen LogP contribution in [0.3, 0.4) is 0 Å². The summed E-state index contributed by atoms with van der Waals surface area (Å²) in [6.07, 6.45) is -1.53. The minimum atomic E-state index is -1.33. The molecule has 1 unspecified atom stereocenters. The molecule has 2 aromatic carbocycles. The van der Waals surface area contributed by atoms with Crippen molar-refractivity contribution in [2.24, 2.45) is 0 Å². The molecule has 2 N–H and O–H groups in total. The number of tetrazole rings is 1. The van der Waals surface area contributed by atoms with Gasteiger partial charge in [0.05, 0.1) is 11.4 Å². The fourth-order valence-corrected chi connectivity index (χ4v) is 4.17. The number of carboxylic acids is 1. The number of carbonyl (C=O) groups excluding carboxylic acids is 2. The van der Waals surface area contributed by atoms with E-state index < -0.39 is 30.3 Å². The van der Waals surface area contributed by atoms with Crippen LogP contribution in [-0.2, 0) is 32.9 Å². The Morgan fingerprint density at radius 2 is 1.89 bits per heavy atom. The van der Waals surface area contributed by atoms with Crippen LogP contribution in [0.4, 0.5) is 4.79 Å². The highest BCUT2D eigenvalue weighted by Gasteiger charge is 2.26. The Hall–Kier alpha value is -3.44. The second-order valence-corrected chi connectivity index (χ2v) is 10.4. The minimum absolute atomic E-state index is 0.0246. The molecule has 0 radical (unpaired) electrons. The summed E-state index contributed by atoms with van der Waals surface area (Å²) in [7, 11) is 0. The molecule has 10 nitrogen and oxygen atoms in total. The van der Waals surface area contributed by atoms with Crippen LogP contribution < -0.4 is 5.32 Å². The maximum atomic E-state index is 12.9. The lowest BCUT2D eigenvalue weighted by atomic mass is 9.87. The number of ether oxygens (including phenoxy) is 1. The number of benzene rings is 2. The van der Waals surface area contributed by atoms with E-state index in [-0.39, 0.29) is 23.7 Å². The molecule has 12 heteroatoms. The first-order chi connectivity index (χ1) is 17.0. The smallest absolute Gasteiger partial charge is 0.408 e. The second kappa shape index (κ2) is 12.0. The largest absolute Gasteiger partial charge is 0.481 e. The van der Waals surface area contributed by atoms with E-state index in [0.29, 0.717) is 9.92 Å². The third-order valence-corrected chi connectivity index (χ3v) is 6.55. The van der Waals surface area contributed by atoms with Gasteiger partial charge in [-0.3, -0.25) is 9.59 Å². The molecular weight excluding hydrogens is 506 g/mol. The number of nitrogens with zero attached hydrogens (tertiary/aromatic N) is 4. The van der Waals surface area contributed by atoms with Crippen molar-refractivity contribution in [3.05, 3.63) is 64.7 Å². The van der Waals surface area contributed by atoms with Gasteiger partial charge in [-0.15, -0.1) is 5.10 Å². The lowest BCUT2D eigenvalue weighted by Gasteiger charge is -2.19. The van der Waals surface area contributed by atoms with Crippen molar-refractivity contribution in [1.82, 2.24) is 25.5 Å². The highest BCUT2D eigenvalue weighted by atomic mass is 35.5. The van der Waals surface area contributed by atoms with Crippen molar-refractivity contribution in [2.45, 2.75) is 61.9 Å². The number of aliphatic carboxylic acids is 1. The van der Waals surface area contributed by atoms with Crippen molar-refractivity contribution < 1.29 is 24.2 Å². The zero-order valence-electron chi connectivity index (χ0n) is 20.0. The van der Waals surface area contributed by atoms with Gasteiger partial charge in [-0.2, -0.15) is 0 Å². The fourth-order valence-electron chi connectivity index (χ4n) is 3.10. The monoisotopic (exact) mass is 531 g/mol. The molecule has 1 heterocycles. The van der Waals surface area contributed by atoms with Gasteiger partial charge in [0, 0.05) is 4.90 Å². The predicted octanol–water partition coefficient (Wildman–Crippen LogP) is 4.11. The Balaban J connectivity index is 1.66. The van der Waals surface area contributed by atoms with Crippen LogP contribution in [0.25, 0.3) is 0 Å². The number of ketones is 1. The molecule has 3 aromatic rings. The first-order valence-electron chi connectivity index (χ1n) is 11.0. The zero-order chi connectivity index (χ0) is 26.3. The first-order valence-corrected chi connectivity index (χ1v) is 12.2. The van der Waals surface area contributed by atoms with Crippen LogP contribution in [0.15, 0.2) is 58.6 Å². The van der Waals surface area contributed by atoms with E-state index in [2.05, 4.69) is 41.6 Å². The third kappa shape index (κ3) is 7.79. The molecule has 0 saturated carbocycles. The molecule has 0 aliphatic carbocycles. The van der Waals surface area contributed by atoms with Gasteiger partial charge >= 0.3 is 12.1 Å². The number of Topliss-reactive ketones (excluding diaryl/α,β-unsaturated/α-hetero) is 1. The molecular formula is C24H26ClN5O5S. The molecule has 0 saturated heterocycles. The predicted molar refractivity (Wildman–Crippen MR) is 133 cm³/mol. The van der Waals surface area contributed by atoms with E-state index in [1.165, 1.54) is 16.4 Å². The van der Waals surface area contributed by atoms with Crippen molar-refractivity contribution in [3.8, 4) is 0 Å². The maximum absolute atomic E-state index is 12.9.